The van der Waals surface area contributed by atoms with Crippen LogP contribution in [0, 0.1) is 11.3 Å². The van der Waals surface area contributed by atoms with Gasteiger partial charge >= 0.3 is 0 Å². The maximum atomic E-state index is 10.1. The SMILES string of the molecule is CC1(C)CCC(Oc2cc(CC3CCCNC3)ccc2O)C1. The zero-order valence-corrected chi connectivity index (χ0v) is 13.9. The van der Waals surface area contributed by atoms with Crippen molar-refractivity contribution in [2.45, 2.75) is 58.5 Å². The lowest BCUT2D eigenvalue weighted by molar-refractivity contribution is 0.186. The summed E-state index contributed by atoms with van der Waals surface area (Å²) < 4.78 is 6.11. The van der Waals surface area contributed by atoms with E-state index >= 15 is 0 Å². The normalized spacial score (nSPS) is 27.7. The second-order valence-corrected chi connectivity index (χ2v) is 7.87. The predicted molar refractivity (Wildman–Crippen MR) is 89.5 cm³/mol. The van der Waals surface area contributed by atoms with Crippen LogP contribution in [0.5, 0.6) is 11.5 Å². The average Bonchev–Trinajstić information content (AvgIpc) is 2.83. The van der Waals surface area contributed by atoms with E-state index in [1.807, 2.05) is 6.07 Å². The van der Waals surface area contributed by atoms with Gasteiger partial charge in [0, 0.05) is 0 Å². The number of piperidine rings is 1. The van der Waals surface area contributed by atoms with Crippen LogP contribution in [0.1, 0.15) is 51.5 Å². The van der Waals surface area contributed by atoms with Crippen LogP contribution in [0.25, 0.3) is 0 Å². The minimum atomic E-state index is 0.243. The van der Waals surface area contributed by atoms with E-state index in [-0.39, 0.29) is 11.9 Å². The highest BCUT2D eigenvalue weighted by Crippen LogP contribution is 2.40. The summed E-state index contributed by atoms with van der Waals surface area (Å²) in [5.41, 5.74) is 1.64. The maximum absolute atomic E-state index is 10.1. The van der Waals surface area contributed by atoms with Crippen LogP contribution < -0.4 is 10.1 Å². The fourth-order valence-electron chi connectivity index (χ4n) is 3.86. The number of aromatic hydroxyl groups is 1. The van der Waals surface area contributed by atoms with Crippen molar-refractivity contribution in [1.29, 1.82) is 0 Å². The van der Waals surface area contributed by atoms with Gasteiger partial charge in [-0.1, -0.05) is 19.9 Å². The quantitative estimate of drug-likeness (QED) is 0.886. The Balaban J connectivity index is 1.64. The smallest absolute Gasteiger partial charge is 0.161 e. The van der Waals surface area contributed by atoms with Gasteiger partial charge in [-0.15, -0.1) is 0 Å². The van der Waals surface area contributed by atoms with Crippen molar-refractivity contribution in [3.63, 3.8) is 0 Å². The molecular weight excluding hydrogens is 274 g/mol. The number of hydrogen-bond donors (Lipinski definition) is 2. The summed E-state index contributed by atoms with van der Waals surface area (Å²) in [6.45, 7) is 6.84. The van der Waals surface area contributed by atoms with Crippen molar-refractivity contribution >= 4 is 0 Å². The van der Waals surface area contributed by atoms with Gasteiger partial charge in [0.1, 0.15) is 0 Å². The molecule has 2 N–H and O–H groups in total. The first-order valence-electron chi connectivity index (χ1n) is 8.71. The van der Waals surface area contributed by atoms with Gasteiger partial charge < -0.3 is 15.2 Å². The number of nitrogens with one attached hydrogen (secondary N) is 1. The zero-order chi connectivity index (χ0) is 15.6. The molecule has 1 aromatic carbocycles. The van der Waals surface area contributed by atoms with E-state index in [9.17, 15) is 5.11 Å². The largest absolute Gasteiger partial charge is 0.504 e. The Hall–Kier alpha value is -1.22. The Morgan fingerprint density at radius 2 is 2.18 bits per heavy atom. The molecule has 1 saturated carbocycles. The van der Waals surface area contributed by atoms with Gasteiger partial charge in [-0.05, 0) is 80.6 Å². The summed E-state index contributed by atoms with van der Waals surface area (Å²) in [5.74, 6) is 1.65. The van der Waals surface area contributed by atoms with Gasteiger partial charge in [-0.2, -0.15) is 0 Å². The molecule has 2 atom stereocenters. The highest BCUT2D eigenvalue weighted by molar-refractivity contribution is 5.42. The molecule has 1 aliphatic carbocycles. The molecule has 1 aromatic rings. The molecule has 1 heterocycles. The molecule has 3 rings (SSSR count). The minimum absolute atomic E-state index is 0.243. The van der Waals surface area contributed by atoms with E-state index in [0.29, 0.717) is 17.1 Å². The number of ether oxygens (including phenoxy) is 1. The third-order valence-electron chi connectivity index (χ3n) is 5.16. The van der Waals surface area contributed by atoms with E-state index in [1.54, 1.807) is 6.07 Å². The number of phenols is 1. The van der Waals surface area contributed by atoms with Gasteiger partial charge in [0.05, 0.1) is 6.10 Å². The molecule has 1 aliphatic heterocycles. The van der Waals surface area contributed by atoms with Crippen LogP contribution in [0.4, 0.5) is 0 Å². The topological polar surface area (TPSA) is 41.5 Å². The van der Waals surface area contributed by atoms with Crippen molar-refractivity contribution < 1.29 is 9.84 Å². The van der Waals surface area contributed by atoms with E-state index in [4.69, 9.17) is 4.74 Å². The van der Waals surface area contributed by atoms with Gasteiger partial charge in [-0.3, -0.25) is 0 Å². The predicted octanol–water partition coefficient (Wildman–Crippen LogP) is 3.89. The van der Waals surface area contributed by atoms with Gasteiger partial charge in [0.25, 0.3) is 0 Å². The summed E-state index contributed by atoms with van der Waals surface area (Å²) >= 11 is 0. The fraction of sp³-hybridized carbons (Fsp3) is 0.684. The molecular formula is C19H29NO2. The molecule has 2 unspecified atom stereocenters. The Kier molecular flexibility index (Phi) is 4.62. The molecule has 122 valence electrons. The van der Waals surface area contributed by atoms with Gasteiger partial charge in [-0.25, -0.2) is 0 Å². The number of benzene rings is 1. The first kappa shape index (κ1) is 15.7. The summed E-state index contributed by atoms with van der Waals surface area (Å²) in [6, 6.07) is 5.88. The van der Waals surface area contributed by atoms with Crippen molar-refractivity contribution in [3.8, 4) is 11.5 Å². The maximum Gasteiger partial charge on any atom is 0.161 e. The zero-order valence-electron chi connectivity index (χ0n) is 13.9. The number of rotatable bonds is 4. The first-order chi connectivity index (χ1) is 10.5. The van der Waals surface area contributed by atoms with E-state index in [0.717, 1.165) is 32.4 Å². The standard InChI is InChI=1S/C19H29NO2/c1-19(2)8-7-16(12-19)22-18-11-14(5-6-17(18)21)10-15-4-3-9-20-13-15/h5-6,11,15-16,20-21H,3-4,7-10,12-13H2,1-2H3. The van der Waals surface area contributed by atoms with Crippen LogP contribution in [-0.4, -0.2) is 24.3 Å². The molecule has 3 heteroatoms. The molecule has 2 fully saturated rings. The van der Waals surface area contributed by atoms with Crippen LogP contribution in [-0.2, 0) is 6.42 Å². The first-order valence-corrected chi connectivity index (χ1v) is 8.71. The fourth-order valence-corrected chi connectivity index (χ4v) is 3.86. The Morgan fingerprint density at radius 1 is 1.32 bits per heavy atom. The highest BCUT2D eigenvalue weighted by atomic mass is 16.5. The third-order valence-corrected chi connectivity index (χ3v) is 5.16. The van der Waals surface area contributed by atoms with E-state index < -0.39 is 0 Å². The molecule has 0 radical (unpaired) electrons. The monoisotopic (exact) mass is 303 g/mol. The molecule has 1 saturated heterocycles. The van der Waals surface area contributed by atoms with Gasteiger partial charge in [0.15, 0.2) is 11.5 Å². The molecule has 0 spiro atoms. The molecule has 0 amide bonds. The second kappa shape index (κ2) is 6.49. The summed E-state index contributed by atoms with van der Waals surface area (Å²) in [7, 11) is 0. The van der Waals surface area contributed by atoms with E-state index in [1.165, 1.54) is 24.8 Å². The molecule has 0 aromatic heterocycles. The Morgan fingerprint density at radius 3 is 2.86 bits per heavy atom. The van der Waals surface area contributed by atoms with Crippen LogP contribution in [0.2, 0.25) is 0 Å². The number of hydrogen-bond acceptors (Lipinski definition) is 3. The van der Waals surface area contributed by atoms with Crippen LogP contribution in [0.15, 0.2) is 18.2 Å². The third kappa shape index (κ3) is 3.95. The average molecular weight is 303 g/mol. The van der Waals surface area contributed by atoms with Crippen molar-refractivity contribution in [2.24, 2.45) is 11.3 Å². The second-order valence-electron chi connectivity index (χ2n) is 7.87. The summed E-state index contributed by atoms with van der Waals surface area (Å²) in [6.07, 6.45) is 7.23. The minimum Gasteiger partial charge on any atom is -0.504 e. The van der Waals surface area contributed by atoms with Crippen molar-refractivity contribution in [2.75, 3.05) is 13.1 Å². The molecule has 3 nitrogen and oxygen atoms in total. The Bertz CT molecular complexity index is 506. The Labute approximate surface area is 134 Å². The molecule has 22 heavy (non-hydrogen) atoms. The van der Waals surface area contributed by atoms with Crippen LogP contribution >= 0.6 is 0 Å². The molecule has 2 aliphatic rings. The lowest BCUT2D eigenvalue weighted by Gasteiger charge is -2.23. The molecule has 0 bridgehead atoms. The summed E-state index contributed by atoms with van der Waals surface area (Å²) in [5, 5.41) is 13.6. The number of phenolic OH excluding ortho intramolecular Hbond substituents is 1. The van der Waals surface area contributed by atoms with Gasteiger partial charge in [0.2, 0.25) is 0 Å². The van der Waals surface area contributed by atoms with E-state index in [2.05, 4.69) is 25.2 Å². The summed E-state index contributed by atoms with van der Waals surface area (Å²) in [4.78, 5) is 0. The lowest BCUT2D eigenvalue weighted by atomic mass is 9.92. The van der Waals surface area contributed by atoms with Crippen molar-refractivity contribution in [1.82, 2.24) is 5.32 Å². The highest BCUT2D eigenvalue weighted by Gasteiger charge is 2.32. The van der Waals surface area contributed by atoms with Crippen LogP contribution in [0.3, 0.4) is 0 Å². The lowest BCUT2D eigenvalue weighted by Crippen LogP contribution is -2.30. The van der Waals surface area contributed by atoms with Crippen molar-refractivity contribution in [3.05, 3.63) is 23.8 Å².